The van der Waals surface area contributed by atoms with Crippen LogP contribution in [0.3, 0.4) is 0 Å². The summed E-state index contributed by atoms with van der Waals surface area (Å²) in [7, 11) is 1.61. The molecule has 0 amide bonds. The molecule has 0 saturated carbocycles. The Morgan fingerprint density at radius 3 is 2.71 bits per heavy atom. The lowest BCUT2D eigenvalue weighted by Gasteiger charge is -2.13. The van der Waals surface area contributed by atoms with Gasteiger partial charge in [0.15, 0.2) is 11.5 Å². The van der Waals surface area contributed by atoms with E-state index >= 15 is 0 Å². The molecule has 10 heteroatoms. The maximum atomic E-state index is 6.15. The lowest BCUT2D eigenvalue weighted by molar-refractivity contribution is 0.281. The molecule has 0 aliphatic rings. The molecule has 4 aromatic rings. The molecule has 35 heavy (non-hydrogen) atoms. The summed E-state index contributed by atoms with van der Waals surface area (Å²) in [5, 5.41) is 11.5. The number of hydrogen-bond acceptors (Lipinski definition) is 8. The number of methoxy groups -OCH3 is 1. The fraction of sp³-hybridized carbons (Fsp3) is 0.320. The molecule has 2 aromatic carbocycles. The predicted octanol–water partition coefficient (Wildman–Crippen LogP) is 6.66. The number of hydrogen-bond donors (Lipinski definition) is 2. The van der Waals surface area contributed by atoms with Gasteiger partial charge in [0.1, 0.15) is 18.8 Å². The van der Waals surface area contributed by atoms with E-state index in [0.717, 1.165) is 59.6 Å². The molecule has 7 nitrogen and oxygen atoms in total. The number of unbranched alkanes of at least 4 members (excludes halogenated alkanes) is 1. The minimum atomic E-state index is 0.356. The van der Waals surface area contributed by atoms with Crippen molar-refractivity contribution in [1.29, 1.82) is 0 Å². The Morgan fingerprint density at radius 2 is 1.91 bits per heavy atom. The number of aromatic nitrogens is 3. The molecule has 2 heterocycles. The van der Waals surface area contributed by atoms with E-state index in [4.69, 9.17) is 37.7 Å². The second-order valence-corrected chi connectivity index (χ2v) is 9.59. The van der Waals surface area contributed by atoms with Crippen molar-refractivity contribution in [3.63, 3.8) is 0 Å². The van der Waals surface area contributed by atoms with Crippen molar-refractivity contribution in [3.05, 3.63) is 62.8 Å². The third-order valence-electron chi connectivity index (χ3n) is 5.32. The average molecular weight is 532 g/mol. The summed E-state index contributed by atoms with van der Waals surface area (Å²) in [6.45, 7) is 4.54. The Bertz CT molecular complexity index is 1280. The van der Waals surface area contributed by atoms with E-state index in [1.165, 1.54) is 6.33 Å². The van der Waals surface area contributed by atoms with Crippen molar-refractivity contribution in [2.75, 3.05) is 25.5 Å². The minimum absolute atomic E-state index is 0.356. The van der Waals surface area contributed by atoms with Crippen LogP contribution in [0.2, 0.25) is 10.0 Å². The molecule has 2 aromatic heterocycles. The van der Waals surface area contributed by atoms with Crippen molar-refractivity contribution in [1.82, 2.24) is 20.3 Å². The number of thiazole rings is 1. The van der Waals surface area contributed by atoms with Gasteiger partial charge < -0.3 is 20.1 Å². The molecule has 0 aliphatic carbocycles. The van der Waals surface area contributed by atoms with E-state index in [-0.39, 0.29) is 0 Å². The maximum absolute atomic E-state index is 6.15. The number of aryl methyl sites for hydroxylation is 1. The van der Waals surface area contributed by atoms with Crippen LogP contribution in [0.4, 0.5) is 11.5 Å². The minimum Gasteiger partial charge on any atom is -0.493 e. The van der Waals surface area contributed by atoms with Gasteiger partial charge >= 0.3 is 0 Å². The highest BCUT2D eigenvalue weighted by Crippen LogP contribution is 2.36. The van der Waals surface area contributed by atoms with Crippen LogP contribution in [0.5, 0.6) is 11.5 Å². The quantitative estimate of drug-likeness (QED) is 0.198. The second-order valence-electron chi connectivity index (χ2n) is 7.83. The van der Waals surface area contributed by atoms with E-state index in [1.807, 2.05) is 18.2 Å². The molecule has 2 N–H and O–H groups in total. The number of benzene rings is 2. The van der Waals surface area contributed by atoms with Crippen molar-refractivity contribution < 1.29 is 9.47 Å². The van der Waals surface area contributed by atoms with E-state index in [2.05, 4.69) is 32.9 Å². The van der Waals surface area contributed by atoms with Crippen molar-refractivity contribution in [2.24, 2.45) is 0 Å². The smallest absolute Gasteiger partial charge is 0.163 e. The number of halogens is 2. The van der Waals surface area contributed by atoms with Crippen LogP contribution in [-0.4, -0.2) is 35.2 Å². The molecule has 0 bridgehead atoms. The number of rotatable bonds is 12. The Labute approximate surface area is 218 Å². The van der Waals surface area contributed by atoms with Gasteiger partial charge in [-0.1, -0.05) is 30.1 Å². The Balaban J connectivity index is 1.46. The monoisotopic (exact) mass is 531 g/mol. The summed E-state index contributed by atoms with van der Waals surface area (Å²) in [6.07, 6.45) is 4.76. The summed E-state index contributed by atoms with van der Waals surface area (Å²) in [5.41, 5.74) is 2.39. The van der Waals surface area contributed by atoms with Crippen LogP contribution in [-0.2, 0) is 13.0 Å². The first-order chi connectivity index (χ1) is 17.1. The van der Waals surface area contributed by atoms with E-state index in [0.29, 0.717) is 34.0 Å². The Hall–Kier alpha value is -2.65. The van der Waals surface area contributed by atoms with Gasteiger partial charge in [-0.25, -0.2) is 15.0 Å². The number of nitrogens with zero attached hydrogens (tertiary/aromatic N) is 3. The molecule has 0 fully saturated rings. The molecule has 0 aliphatic heterocycles. The molecule has 0 spiro atoms. The standard InChI is InChI=1S/C25H27Cl2N5O2S/c1-3-28-9-5-4-6-24-31-17(14-35-24)13-34-23-12-21-18(11-22(23)33-2)25(30-15-29-21)32-16-7-8-19(26)20(27)10-16/h7-8,10-12,14-15,28H,3-6,9,13H2,1-2H3,(H,29,30,32). The molecule has 0 unspecified atom stereocenters. The lowest BCUT2D eigenvalue weighted by Crippen LogP contribution is -2.13. The average Bonchev–Trinajstić information content (AvgIpc) is 3.32. The van der Waals surface area contributed by atoms with Gasteiger partial charge in [-0.2, -0.15) is 0 Å². The highest BCUT2D eigenvalue weighted by atomic mass is 35.5. The van der Waals surface area contributed by atoms with Crippen LogP contribution in [0.1, 0.15) is 30.5 Å². The molecular weight excluding hydrogens is 505 g/mol. The zero-order valence-corrected chi connectivity index (χ0v) is 21.9. The normalized spacial score (nSPS) is 11.1. The van der Waals surface area contributed by atoms with Gasteiger partial charge in [-0.05, 0) is 56.6 Å². The van der Waals surface area contributed by atoms with Gasteiger partial charge in [0.05, 0.1) is 33.4 Å². The van der Waals surface area contributed by atoms with Crippen LogP contribution >= 0.6 is 34.5 Å². The number of nitrogens with one attached hydrogen (secondary N) is 2. The summed E-state index contributed by atoms with van der Waals surface area (Å²) >= 11 is 13.9. The molecule has 0 radical (unpaired) electrons. The lowest BCUT2D eigenvalue weighted by atomic mass is 10.2. The third kappa shape index (κ3) is 6.73. The van der Waals surface area contributed by atoms with Gasteiger partial charge in [-0.3, -0.25) is 0 Å². The van der Waals surface area contributed by atoms with Crippen LogP contribution in [0.25, 0.3) is 10.9 Å². The maximum Gasteiger partial charge on any atom is 0.163 e. The van der Waals surface area contributed by atoms with Crippen molar-refractivity contribution in [3.8, 4) is 11.5 Å². The van der Waals surface area contributed by atoms with Crippen molar-refractivity contribution >= 4 is 56.9 Å². The highest BCUT2D eigenvalue weighted by molar-refractivity contribution is 7.09. The Morgan fingerprint density at radius 1 is 1.03 bits per heavy atom. The fourth-order valence-corrected chi connectivity index (χ4v) is 4.65. The van der Waals surface area contributed by atoms with E-state index in [9.17, 15) is 0 Å². The van der Waals surface area contributed by atoms with Gasteiger partial charge in [0.2, 0.25) is 0 Å². The fourth-order valence-electron chi connectivity index (χ4n) is 3.53. The first kappa shape index (κ1) is 25.4. The third-order valence-corrected chi connectivity index (χ3v) is 7.02. The summed E-state index contributed by atoms with van der Waals surface area (Å²) < 4.78 is 11.7. The van der Waals surface area contributed by atoms with E-state index < -0.39 is 0 Å². The van der Waals surface area contributed by atoms with Gasteiger partial charge in [0.25, 0.3) is 0 Å². The highest BCUT2D eigenvalue weighted by Gasteiger charge is 2.13. The summed E-state index contributed by atoms with van der Waals surface area (Å²) in [4.78, 5) is 13.5. The van der Waals surface area contributed by atoms with Crippen LogP contribution in [0.15, 0.2) is 42.0 Å². The van der Waals surface area contributed by atoms with Crippen LogP contribution < -0.4 is 20.1 Å². The zero-order valence-electron chi connectivity index (χ0n) is 19.6. The first-order valence-electron chi connectivity index (χ1n) is 11.4. The Kier molecular flexibility index (Phi) is 8.98. The number of fused-ring (bicyclic) bond motifs is 1. The molecular formula is C25H27Cl2N5O2S. The SMILES string of the molecule is CCNCCCCc1nc(COc2cc3ncnc(Nc4ccc(Cl)c(Cl)c4)c3cc2OC)cs1. The molecule has 0 atom stereocenters. The zero-order chi connectivity index (χ0) is 24.6. The number of ether oxygens (including phenoxy) is 2. The molecule has 0 saturated heterocycles. The van der Waals surface area contributed by atoms with Gasteiger partial charge in [0, 0.05) is 22.5 Å². The second kappa shape index (κ2) is 12.4. The van der Waals surface area contributed by atoms with E-state index in [1.54, 1.807) is 30.6 Å². The van der Waals surface area contributed by atoms with Crippen molar-refractivity contribution in [2.45, 2.75) is 32.8 Å². The topological polar surface area (TPSA) is 81.2 Å². The summed E-state index contributed by atoms with van der Waals surface area (Å²) in [6, 6.07) is 9.03. The van der Waals surface area contributed by atoms with Crippen LogP contribution in [0, 0.1) is 0 Å². The predicted molar refractivity (Wildman–Crippen MR) is 144 cm³/mol. The van der Waals surface area contributed by atoms with Gasteiger partial charge in [-0.15, -0.1) is 11.3 Å². The molecule has 184 valence electrons. The molecule has 4 rings (SSSR count). The number of anilines is 2. The first-order valence-corrected chi connectivity index (χ1v) is 13.0. The largest absolute Gasteiger partial charge is 0.493 e. The summed E-state index contributed by atoms with van der Waals surface area (Å²) in [5.74, 6) is 1.80.